The van der Waals surface area contributed by atoms with E-state index in [0.717, 1.165) is 16.2 Å². The third-order valence-corrected chi connectivity index (χ3v) is 6.53. The zero-order chi connectivity index (χ0) is 17.1. The van der Waals surface area contributed by atoms with Crippen molar-refractivity contribution in [3.05, 3.63) is 60.7 Å². The number of unbranched alkanes of at least 4 members (excludes halogenated alkanes) is 6. The number of hydrogen-bond acceptors (Lipinski definition) is 2. The standard InChI is InChI=1S/C21H29NOS/c1-2-3-4-5-6-7-14-19-22-24(23,20-15-10-8-11-16-20)21-17-12-9-13-18-21/h8-13,15-18H,2-7,14,19H2,1H3. The molecule has 0 fully saturated rings. The van der Waals surface area contributed by atoms with Crippen LogP contribution in [0.5, 0.6) is 0 Å². The fourth-order valence-electron chi connectivity index (χ4n) is 2.76. The minimum atomic E-state index is -2.52. The van der Waals surface area contributed by atoms with Crippen molar-refractivity contribution in [3.63, 3.8) is 0 Å². The van der Waals surface area contributed by atoms with Crippen molar-refractivity contribution in [2.75, 3.05) is 6.54 Å². The van der Waals surface area contributed by atoms with Gasteiger partial charge < -0.3 is 0 Å². The van der Waals surface area contributed by atoms with E-state index >= 15 is 0 Å². The van der Waals surface area contributed by atoms with Gasteiger partial charge in [0.15, 0.2) is 0 Å². The van der Waals surface area contributed by atoms with Gasteiger partial charge in [-0.25, -0.2) is 8.57 Å². The number of hydrogen-bond donors (Lipinski definition) is 0. The summed E-state index contributed by atoms with van der Waals surface area (Å²) in [5, 5.41) is 0. The van der Waals surface area contributed by atoms with Gasteiger partial charge in [-0.3, -0.25) is 0 Å². The van der Waals surface area contributed by atoms with Crippen molar-refractivity contribution in [2.24, 2.45) is 4.36 Å². The van der Waals surface area contributed by atoms with E-state index in [1.165, 1.54) is 38.5 Å². The van der Waals surface area contributed by atoms with Crippen LogP contribution in [0.1, 0.15) is 51.9 Å². The van der Waals surface area contributed by atoms with E-state index in [-0.39, 0.29) is 0 Å². The number of benzene rings is 2. The summed E-state index contributed by atoms with van der Waals surface area (Å²) in [6, 6.07) is 19.3. The second-order valence-corrected chi connectivity index (χ2v) is 8.38. The highest BCUT2D eigenvalue weighted by Gasteiger charge is 2.14. The first-order chi connectivity index (χ1) is 11.8. The molecule has 0 bridgehead atoms. The molecule has 0 amide bonds. The molecular weight excluding hydrogens is 314 g/mol. The van der Waals surface area contributed by atoms with Gasteiger partial charge >= 0.3 is 0 Å². The van der Waals surface area contributed by atoms with Crippen LogP contribution >= 0.6 is 0 Å². The van der Waals surface area contributed by atoms with Crippen molar-refractivity contribution in [3.8, 4) is 0 Å². The minimum Gasteiger partial charge on any atom is -0.240 e. The van der Waals surface area contributed by atoms with Crippen LogP contribution in [0.3, 0.4) is 0 Å². The molecule has 0 atom stereocenters. The molecule has 3 heteroatoms. The van der Waals surface area contributed by atoms with Crippen LogP contribution in [-0.2, 0) is 9.73 Å². The molecule has 0 radical (unpaired) electrons. The first-order valence-corrected chi connectivity index (χ1v) is 10.6. The third kappa shape index (κ3) is 5.48. The topological polar surface area (TPSA) is 29.4 Å². The van der Waals surface area contributed by atoms with Gasteiger partial charge in [0.1, 0.15) is 9.73 Å². The summed E-state index contributed by atoms with van der Waals surface area (Å²) in [6.45, 7) is 2.90. The molecule has 2 rings (SSSR count). The SMILES string of the molecule is CCCCCCCCCN=S(=O)(c1ccccc1)c1ccccc1. The summed E-state index contributed by atoms with van der Waals surface area (Å²) in [7, 11) is -2.52. The molecular formula is C21H29NOS. The normalized spacial score (nSPS) is 11.4. The first-order valence-electron chi connectivity index (χ1n) is 9.10. The Morgan fingerprint density at radius 1 is 0.708 bits per heavy atom. The first kappa shape index (κ1) is 18.7. The van der Waals surface area contributed by atoms with Crippen molar-refractivity contribution in [2.45, 2.75) is 61.7 Å². The zero-order valence-electron chi connectivity index (χ0n) is 14.7. The second kappa shape index (κ2) is 10.3. The van der Waals surface area contributed by atoms with Crippen LogP contribution in [0.4, 0.5) is 0 Å². The third-order valence-electron chi connectivity index (χ3n) is 4.16. The molecule has 0 aromatic heterocycles. The van der Waals surface area contributed by atoms with Gasteiger partial charge in [0, 0.05) is 6.54 Å². The summed E-state index contributed by atoms with van der Waals surface area (Å²) in [5.74, 6) is 0. The molecule has 0 saturated heterocycles. The van der Waals surface area contributed by atoms with Gasteiger partial charge in [-0.1, -0.05) is 81.8 Å². The van der Waals surface area contributed by atoms with Gasteiger partial charge in [-0.2, -0.15) is 0 Å². The molecule has 0 N–H and O–H groups in total. The lowest BCUT2D eigenvalue weighted by Gasteiger charge is -2.11. The van der Waals surface area contributed by atoms with E-state index in [9.17, 15) is 4.21 Å². The summed E-state index contributed by atoms with van der Waals surface area (Å²) in [5.41, 5.74) is 0. The van der Waals surface area contributed by atoms with E-state index in [1.807, 2.05) is 60.7 Å². The van der Waals surface area contributed by atoms with Gasteiger partial charge in [-0.05, 0) is 30.7 Å². The quantitative estimate of drug-likeness (QED) is 0.464. The maximum atomic E-state index is 13.6. The smallest absolute Gasteiger partial charge is 0.104 e. The highest BCUT2D eigenvalue weighted by molar-refractivity contribution is 7.93. The van der Waals surface area contributed by atoms with E-state index in [0.29, 0.717) is 6.54 Å². The van der Waals surface area contributed by atoms with Gasteiger partial charge in [0.2, 0.25) is 0 Å². The fourth-order valence-corrected chi connectivity index (χ4v) is 4.77. The van der Waals surface area contributed by atoms with Crippen molar-refractivity contribution >= 4 is 9.73 Å². The lowest BCUT2D eigenvalue weighted by Crippen LogP contribution is -2.03. The van der Waals surface area contributed by atoms with Crippen molar-refractivity contribution in [1.82, 2.24) is 0 Å². The van der Waals surface area contributed by atoms with Crippen molar-refractivity contribution in [1.29, 1.82) is 0 Å². The molecule has 2 nitrogen and oxygen atoms in total. The Bertz CT molecular complexity index is 643. The molecule has 130 valence electrons. The average Bonchev–Trinajstić information content (AvgIpc) is 2.65. The van der Waals surface area contributed by atoms with Gasteiger partial charge in [0.25, 0.3) is 0 Å². The molecule has 0 heterocycles. The molecule has 0 aliphatic rings. The second-order valence-electron chi connectivity index (χ2n) is 6.13. The van der Waals surface area contributed by atoms with E-state index in [2.05, 4.69) is 11.3 Å². The highest BCUT2D eigenvalue weighted by atomic mass is 32.2. The molecule has 0 saturated carbocycles. The predicted octanol–water partition coefficient (Wildman–Crippen LogP) is 6.32. The summed E-state index contributed by atoms with van der Waals surface area (Å²) >= 11 is 0. The molecule has 0 aliphatic heterocycles. The fraction of sp³-hybridized carbons (Fsp3) is 0.429. The molecule has 24 heavy (non-hydrogen) atoms. The Labute approximate surface area is 147 Å². The van der Waals surface area contributed by atoms with Crippen LogP contribution in [-0.4, -0.2) is 10.8 Å². The molecule has 0 aliphatic carbocycles. The molecule has 2 aromatic rings. The lowest BCUT2D eigenvalue weighted by atomic mass is 10.1. The Hall–Kier alpha value is -1.61. The maximum Gasteiger partial charge on any atom is 0.104 e. The summed E-state index contributed by atoms with van der Waals surface area (Å²) in [6.07, 6.45) is 8.70. The molecule has 2 aromatic carbocycles. The summed E-state index contributed by atoms with van der Waals surface area (Å²) < 4.78 is 18.3. The van der Waals surface area contributed by atoms with Crippen molar-refractivity contribution < 1.29 is 4.21 Å². The van der Waals surface area contributed by atoms with E-state index < -0.39 is 9.73 Å². The van der Waals surface area contributed by atoms with E-state index in [4.69, 9.17) is 0 Å². The van der Waals surface area contributed by atoms with Crippen LogP contribution in [0.2, 0.25) is 0 Å². The number of nitrogens with zero attached hydrogens (tertiary/aromatic N) is 1. The maximum absolute atomic E-state index is 13.6. The molecule has 0 unspecified atom stereocenters. The zero-order valence-corrected chi connectivity index (χ0v) is 15.5. The Balaban J connectivity index is 2.04. The van der Waals surface area contributed by atoms with E-state index in [1.54, 1.807) is 0 Å². The largest absolute Gasteiger partial charge is 0.240 e. The molecule has 0 spiro atoms. The van der Waals surface area contributed by atoms with Crippen LogP contribution in [0.25, 0.3) is 0 Å². The average molecular weight is 344 g/mol. The Morgan fingerprint density at radius 3 is 1.67 bits per heavy atom. The van der Waals surface area contributed by atoms with Crippen LogP contribution in [0, 0.1) is 0 Å². The van der Waals surface area contributed by atoms with Gasteiger partial charge in [-0.15, -0.1) is 0 Å². The van der Waals surface area contributed by atoms with Crippen LogP contribution in [0.15, 0.2) is 74.8 Å². The Kier molecular flexibility index (Phi) is 8.03. The minimum absolute atomic E-state index is 0.663. The lowest BCUT2D eigenvalue weighted by molar-refractivity contribution is 0.592. The monoisotopic (exact) mass is 343 g/mol. The predicted molar refractivity (Wildman–Crippen MR) is 103 cm³/mol. The van der Waals surface area contributed by atoms with Crippen LogP contribution < -0.4 is 0 Å². The Morgan fingerprint density at radius 2 is 1.17 bits per heavy atom. The number of rotatable bonds is 10. The summed E-state index contributed by atoms with van der Waals surface area (Å²) in [4.78, 5) is 1.61. The highest BCUT2D eigenvalue weighted by Crippen LogP contribution is 2.23. The van der Waals surface area contributed by atoms with Gasteiger partial charge in [0.05, 0.1) is 9.79 Å².